The van der Waals surface area contributed by atoms with Crippen LogP contribution in [0.5, 0.6) is 0 Å². The van der Waals surface area contributed by atoms with E-state index in [0.717, 1.165) is 25.3 Å². The zero-order valence-electron chi connectivity index (χ0n) is 10.8. The molecule has 0 aromatic carbocycles. The molecule has 2 N–H and O–H groups in total. The number of aromatic carboxylic acids is 1. The Morgan fingerprint density at radius 1 is 1.45 bits per heavy atom. The first-order valence-electron chi connectivity index (χ1n) is 6.42. The summed E-state index contributed by atoms with van der Waals surface area (Å²) in [5.41, 5.74) is 0. The van der Waals surface area contributed by atoms with Gasteiger partial charge in [-0.05, 0) is 28.3 Å². The Morgan fingerprint density at radius 2 is 2.10 bits per heavy atom. The molecule has 0 bridgehead atoms. The van der Waals surface area contributed by atoms with Crippen molar-refractivity contribution in [1.82, 2.24) is 4.72 Å². The van der Waals surface area contributed by atoms with E-state index in [2.05, 4.69) is 20.7 Å². The third kappa shape index (κ3) is 3.62. The van der Waals surface area contributed by atoms with Gasteiger partial charge in [-0.25, -0.2) is 17.9 Å². The minimum atomic E-state index is -3.75. The average molecular weight is 366 g/mol. The maximum Gasteiger partial charge on any atom is 0.371 e. The second-order valence-electron chi connectivity index (χ2n) is 4.89. The minimum absolute atomic E-state index is 0.0942. The molecule has 20 heavy (non-hydrogen) atoms. The SMILES string of the molecule is O=C(O)c1cc(S(=O)(=O)NCCC2CCCC2)c(Br)o1. The lowest BCUT2D eigenvalue weighted by Gasteiger charge is -2.09. The van der Waals surface area contributed by atoms with E-state index in [9.17, 15) is 13.2 Å². The van der Waals surface area contributed by atoms with Crippen LogP contribution in [0.15, 0.2) is 20.0 Å². The van der Waals surface area contributed by atoms with Crippen LogP contribution < -0.4 is 4.72 Å². The summed E-state index contributed by atoms with van der Waals surface area (Å²) in [4.78, 5) is 10.6. The molecule has 0 unspecified atom stereocenters. The predicted octanol–water partition coefficient (Wildman–Crippen LogP) is 2.60. The van der Waals surface area contributed by atoms with Crippen LogP contribution in [0.3, 0.4) is 0 Å². The van der Waals surface area contributed by atoms with Gasteiger partial charge in [-0.15, -0.1) is 0 Å². The Bertz CT molecular complexity index is 589. The van der Waals surface area contributed by atoms with Crippen molar-refractivity contribution in [1.29, 1.82) is 0 Å². The summed E-state index contributed by atoms with van der Waals surface area (Å²) < 4.78 is 31.4. The first kappa shape index (κ1) is 15.5. The van der Waals surface area contributed by atoms with Gasteiger partial charge in [-0.1, -0.05) is 25.7 Å². The predicted molar refractivity (Wildman–Crippen MR) is 75.1 cm³/mol. The molecule has 2 rings (SSSR count). The van der Waals surface area contributed by atoms with Crippen LogP contribution in [0, 0.1) is 5.92 Å². The molecule has 0 spiro atoms. The van der Waals surface area contributed by atoms with E-state index in [4.69, 9.17) is 9.52 Å². The number of rotatable bonds is 6. The normalized spacial score (nSPS) is 16.6. The first-order chi connectivity index (χ1) is 9.40. The molecule has 6 nitrogen and oxygen atoms in total. The molecule has 1 fully saturated rings. The lowest BCUT2D eigenvalue weighted by Crippen LogP contribution is -2.25. The highest BCUT2D eigenvalue weighted by Gasteiger charge is 2.25. The molecule has 0 aliphatic heterocycles. The second-order valence-corrected chi connectivity index (χ2v) is 7.35. The molecule has 1 saturated carbocycles. The molecule has 112 valence electrons. The van der Waals surface area contributed by atoms with Gasteiger partial charge in [0, 0.05) is 12.6 Å². The maximum absolute atomic E-state index is 12.1. The maximum atomic E-state index is 12.1. The van der Waals surface area contributed by atoms with Gasteiger partial charge in [0.05, 0.1) is 0 Å². The summed E-state index contributed by atoms with van der Waals surface area (Å²) in [5, 5.41) is 8.78. The zero-order valence-corrected chi connectivity index (χ0v) is 13.2. The number of furan rings is 1. The van der Waals surface area contributed by atoms with Crippen LogP contribution in [0.1, 0.15) is 42.7 Å². The number of halogens is 1. The monoisotopic (exact) mass is 365 g/mol. The Balaban J connectivity index is 2.00. The van der Waals surface area contributed by atoms with Crippen molar-refractivity contribution >= 4 is 31.9 Å². The third-order valence-electron chi connectivity index (χ3n) is 3.48. The molecule has 1 aliphatic carbocycles. The van der Waals surface area contributed by atoms with E-state index in [1.165, 1.54) is 12.8 Å². The molecular formula is C12H16BrNO5S. The van der Waals surface area contributed by atoms with Crippen LogP contribution in [0.2, 0.25) is 0 Å². The van der Waals surface area contributed by atoms with E-state index in [1.807, 2.05) is 0 Å². The molecule has 0 saturated heterocycles. The van der Waals surface area contributed by atoms with Crippen molar-refractivity contribution in [2.24, 2.45) is 5.92 Å². The molecule has 1 aromatic rings. The number of sulfonamides is 1. The number of carboxylic acid groups (broad SMARTS) is 1. The summed E-state index contributed by atoms with van der Waals surface area (Å²) in [6.07, 6.45) is 5.54. The quantitative estimate of drug-likeness (QED) is 0.807. The lowest BCUT2D eigenvalue weighted by molar-refractivity contribution is 0.0661. The zero-order chi connectivity index (χ0) is 14.8. The summed E-state index contributed by atoms with van der Waals surface area (Å²) in [6.45, 7) is 0.354. The Labute approximate surface area is 125 Å². The number of hydrogen-bond donors (Lipinski definition) is 2. The van der Waals surface area contributed by atoms with Gasteiger partial charge >= 0.3 is 5.97 Å². The minimum Gasteiger partial charge on any atom is -0.475 e. The van der Waals surface area contributed by atoms with Gasteiger partial charge < -0.3 is 9.52 Å². The lowest BCUT2D eigenvalue weighted by atomic mass is 10.1. The van der Waals surface area contributed by atoms with E-state index >= 15 is 0 Å². The molecular weight excluding hydrogens is 350 g/mol. The highest BCUT2D eigenvalue weighted by Crippen LogP contribution is 2.28. The molecule has 0 amide bonds. The van der Waals surface area contributed by atoms with Gasteiger partial charge in [0.1, 0.15) is 4.90 Å². The smallest absolute Gasteiger partial charge is 0.371 e. The van der Waals surface area contributed by atoms with Gasteiger partial charge in [-0.3, -0.25) is 0 Å². The van der Waals surface area contributed by atoms with E-state index in [1.54, 1.807) is 0 Å². The largest absolute Gasteiger partial charge is 0.475 e. The standard InChI is InChI=1S/C12H16BrNO5S/c13-11-10(7-9(19-11)12(15)16)20(17,18)14-6-5-8-3-1-2-4-8/h7-8,14H,1-6H2,(H,15,16). The van der Waals surface area contributed by atoms with Crippen molar-refractivity contribution in [3.05, 3.63) is 16.5 Å². The molecule has 8 heteroatoms. The summed E-state index contributed by atoms with van der Waals surface area (Å²) >= 11 is 2.93. The van der Waals surface area contributed by atoms with Crippen LogP contribution in [0.25, 0.3) is 0 Å². The molecule has 0 radical (unpaired) electrons. The molecule has 0 atom stereocenters. The number of carbonyl (C=O) groups is 1. The third-order valence-corrected chi connectivity index (χ3v) is 5.79. The highest BCUT2D eigenvalue weighted by molar-refractivity contribution is 9.10. The first-order valence-corrected chi connectivity index (χ1v) is 8.70. The summed E-state index contributed by atoms with van der Waals surface area (Å²) in [7, 11) is -3.75. The Kier molecular flexibility index (Phi) is 4.87. The van der Waals surface area contributed by atoms with Crippen molar-refractivity contribution in [2.75, 3.05) is 6.54 Å². The van der Waals surface area contributed by atoms with Crippen LogP contribution in [-0.4, -0.2) is 26.0 Å². The van der Waals surface area contributed by atoms with Crippen LogP contribution >= 0.6 is 15.9 Å². The number of nitrogens with one attached hydrogen (secondary N) is 1. The van der Waals surface area contributed by atoms with Gasteiger partial charge in [-0.2, -0.15) is 0 Å². The summed E-state index contributed by atoms with van der Waals surface area (Å²) in [5.74, 6) is -1.13. The van der Waals surface area contributed by atoms with Gasteiger partial charge in [0.15, 0.2) is 4.67 Å². The van der Waals surface area contributed by atoms with Crippen LogP contribution in [0.4, 0.5) is 0 Å². The number of carboxylic acids is 1. The van der Waals surface area contributed by atoms with E-state index in [0.29, 0.717) is 12.5 Å². The average Bonchev–Trinajstić information content (AvgIpc) is 2.98. The fourth-order valence-electron chi connectivity index (χ4n) is 2.41. The topological polar surface area (TPSA) is 96.6 Å². The fraction of sp³-hybridized carbons (Fsp3) is 0.583. The van der Waals surface area contributed by atoms with E-state index in [-0.39, 0.29) is 9.56 Å². The van der Waals surface area contributed by atoms with Crippen LogP contribution in [-0.2, 0) is 10.0 Å². The van der Waals surface area contributed by atoms with E-state index < -0.39 is 21.8 Å². The molecule has 1 aromatic heterocycles. The van der Waals surface area contributed by atoms with Crippen molar-refractivity contribution in [2.45, 2.75) is 37.0 Å². The fourth-order valence-corrected chi connectivity index (χ4v) is 4.40. The highest BCUT2D eigenvalue weighted by atomic mass is 79.9. The Morgan fingerprint density at radius 3 is 2.65 bits per heavy atom. The number of hydrogen-bond acceptors (Lipinski definition) is 4. The van der Waals surface area contributed by atoms with Crippen molar-refractivity contribution in [3.8, 4) is 0 Å². The Hall–Kier alpha value is -0.860. The molecule has 1 heterocycles. The van der Waals surface area contributed by atoms with Crippen molar-refractivity contribution in [3.63, 3.8) is 0 Å². The van der Waals surface area contributed by atoms with Gasteiger partial charge in [0.2, 0.25) is 15.8 Å². The van der Waals surface area contributed by atoms with Gasteiger partial charge in [0.25, 0.3) is 0 Å². The molecule has 1 aliphatic rings. The second kappa shape index (κ2) is 6.28. The van der Waals surface area contributed by atoms with Crippen molar-refractivity contribution < 1.29 is 22.7 Å². The summed E-state index contributed by atoms with van der Waals surface area (Å²) in [6, 6.07) is 1.00.